The SMILES string of the molecule is C=CCOc1ccc(C(=O)N/N=C/c2ccc(OCc3ccc(Cl)cc3Cl)c(OC)c2)cc1OCC. The van der Waals surface area contributed by atoms with Crippen LogP contribution in [0.4, 0.5) is 0 Å². The summed E-state index contributed by atoms with van der Waals surface area (Å²) in [5.41, 5.74) is 4.38. The van der Waals surface area contributed by atoms with Gasteiger partial charge in [-0.1, -0.05) is 41.9 Å². The van der Waals surface area contributed by atoms with Crippen LogP contribution < -0.4 is 24.4 Å². The number of methoxy groups -OCH3 is 1. The fraction of sp³-hybridized carbons (Fsp3) is 0.185. The summed E-state index contributed by atoms with van der Waals surface area (Å²) < 4.78 is 22.4. The normalized spacial score (nSPS) is 10.7. The number of amides is 1. The maximum absolute atomic E-state index is 12.6. The average molecular weight is 529 g/mol. The molecule has 0 saturated heterocycles. The van der Waals surface area contributed by atoms with Gasteiger partial charge in [0.2, 0.25) is 0 Å². The lowest BCUT2D eigenvalue weighted by Crippen LogP contribution is -2.17. The van der Waals surface area contributed by atoms with E-state index in [0.29, 0.717) is 57.4 Å². The summed E-state index contributed by atoms with van der Waals surface area (Å²) in [5, 5.41) is 5.13. The minimum Gasteiger partial charge on any atom is -0.493 e. The van der Waals surface area contributed by atoms with Crippen LogP contribution in [0.5, 0.6) is 23.0 Å². The zero-order valence-corrected chi connectivity index (χ0v) is 21.4. The van der Waals surface area contributed by atoms with Gasteiger partial charge in [-0.2, -0.15) is 5.10 Å². The molecule has 0 heterocycles. The van der Waals surface area contributed by atoms with E-state index in [1.807, 2.05) is 6.92 Å². The van der Waals surface area contributed by atoms with Gasteiger partial charge in [0.1, 0.15) is 13.2 Å². The summed E-state index contributed by atoms with van der Waals surface area (Å²) in [6.07, 6.45) is 3.14. The van der Waals surface area contributed by atoms with Crippen LogP contribution in [0.15, 0.2) is 72.4 Å². The molecule has 0 spiro atoms. The van der Waals surface area contributed by atoms with Gasteiger partial charge in [-0.3, -0.25) is 4.79 Å². The molecule has 0 aromatic heterocycles. The first-order chi connectivity index (χ1) is 17.4. The van der Waals surface area contributed by atoms with Gasteiger partial charge in [0, 0.05) is 21.2 Å². The van der Waals surface area contributed by atoms with Gasteiger partial charge in [0.25, 0.3) is 5.91 Å². The zero-order chi connectivity index (χ0) is 25.9. The van der Waals surface area contributed by atoms with E-state index in [1.54, 1.807) is 67.8 Å². The van der Waals surface area contributed by atoms with E-state index < -0.39 is 5.91 Å². The summed E-state index contributed by atoms with van der Waals surface area (Å²) in [7, 11) is 1.54. The predicted molar refractivity (Wildman–Crippen MR) is 142 cm³/mol. The number of carbonyl (C=O) groups excluding carboxylic acids is 1. The minimum atomic E-state index is -0.394. The van der Waals surface area contributed by atoms with Crippen molar-refractivity contribution in [1.82, 2.24) is 5.43 Å². The number of ether oxygens (including phenoxy) is 4. The Kier molecular flexibility index (Phi) is 10.0. The highest BCUT2D eigenvalue weighted by molar-refractivity contribution is 6.35. The smallest absolute Gasteiger partial charge is 0.271 e. The first-order valence-electron chi connectivity index (χ1n) is 11.0. The molecule has 3 aromatic carbocycles. The minimum absolute atomic E-state index is 0.247. The van der Waals surface area contributed by atoms with E-state index >= 15 is 0 Å². The van der Waals surface area contributed by atoms with Gasteiger partial charge in [-0.15, -0.1) is 0 Å². The first-order valence-corrected chi connectivity index (χ1v) is 11.8. The predicted octanol–water partition coefficient (Wildman–Crippen LogP) is 6.31. The van der Waals surface area contributed by atoms with Crippen LogP contribution >= 0.6 is 23.2 Å². The van der Waals surface area contributed by atoms with Gasteiger partial charge in [0.05, 0.1) is 19.9 Å². The Morgan fingerprint density at radius 2 is 1.75 bits per heavy atom. The number of halogens is 2. The monoisotopic (exact) mass is 528 g/mol. The Hall–Kier alpha value is -3.68. The number of hydrazone groups is 1. The van der Waals surface area contributed by atoms with E-state index in [0.717, 1.165) is 5.56 Å². The van der Waals surface area contributed by atoms with Crippen molar-refractivity contribution in [2.75, 3.05) is 20.3 Å². The molecule has 1 amide bonds. The number of benzene rings is 3. The Balaban J connectivity index is 1.64. The summed E-state index contributed by atoms with van der Waals surface area (Å²) in [5.74, 6) is 1.65. The van der Waals surface area contributed by atoms with Crippen molar-refractivity contribution in [3.8, 4) is 23.0 Å². The summed E-state index contributed by atoms with van der Waals surface area (Å²) >= 11 is 12.1. The highest BCUT2D eigenvalue weighted by atomic mass is 35.5. The molecule has 1 N–H and O–H groups in total. The largest absolute Gasteiger partial charge is 0.493 e. The van der Waals surface area contributed by atoms with E-state index in [9.17, 15) is 4.79 Å². The van der Waals surface area contributed by atoms with E-state index in [4.69, 9.17) is 42.1 Å². The third-order valence-corrected chi connectivity index (χ3v) is 5.42. The fourth-order valence-corrected chi connectivity index (χ4v) is 3.56. The molecule has 0 aliphatic rings. The number of carbonyl (C=O) groups is 1. The lowest BCUT2D eigenvalue weighted by molar-refractivity contribution is 0.0954. The van der Waals surface area contributed by atoms with Crippen molar-refractivity contribution in [2.45, 2.75) is 13.5 Å². The molecule has 0 unspecified atom stereocenters. The maximum atomic E-state index is 12.6. The molecule has 0 radical (unpaired) electrons. The number of hydrogen-bond donors (Lipinski definition) is 1. The van der Waals surface area contributed by atoms with E-state index in [-0.39, 0.29) is 6.61 Å². The molecule has 3 rings (SSSR count). The van der Waals surface area contributed by atoms with Gasteiger partial charge in [-0.25, -0.2) is 5.43 Å². The van der Waals surface area contributed by atoms with Crippen LogP contribution in [-0.4, -0.2) is 32.4 Å². The van der Waals surface area contributed by atoms with Crippen molar-refractivity contribution in [1.29, 1.82) is 0 Å². The fourth-order valence-electron chi connectivity index (χ4n) is 3.09. The second-order valence-electron chi connectivity index (χ2n) is 7.33. The average Bonchev–Trinajstić information content (AvgIpc) is 2.88. The zero-order valence-electron chi connectivity index (χ0n) is 19.9. The Labute approximate surface area is 220 Å². The molecule has 188 valence electrons. The van der Waals surface area contributed by atoms with Crippen molar-refractivity contribution in [3.63, 3.8) is 0 Å². The highest BCUT2D eigenvalue weighted by Crippen LogP contribution is 2.30. The molecule has 0 bridgehead atoms. The molecule has 36 heavy (non-hydrogen) atoms. The molecule has 9 heteroatoms. The molecule has 0 saturated carbocycles. The van der Waals surface area contributed by atoms with E-state index in [2.05, 4.69) is 17.1 Å². The van der Waals surface area contributed by atoms with Gasteiger partial charge in [-0.05, 0) is 61.0 Å². The standard InChI is InChI=1S/C27H26Cl2N2O5/c1-4-12-35-24-11-8-19(14-26(24)34-5-2)27(32)31-30-16-18-6-10-23(25(13-18)33-3)36-17-20-7-9-21(28)15-22(20)29/h4,6-11,13-16H,1,5,12,17H2,2-3H3,(H,31,32)/b30-16+. The first kappa shape index (κ1) is 26.9. The highest BCUT2D eigenvalue weighted by Gasteiger charge is 2.12. The van der Waals surface area contributed by atoms with Gasteiger partial charge in [0.15, 0.2) is 23.0 Å². The maximum Gasteiger partial charge on any atom is 0.271 e. The van der Waals surface area contributed by atoms with Crippen LogP contribution in [-0.2, 0) is 6.61 Å². The Bertz CT molecular complexity index is 1250. The second-order valence-corrected chi connectivity index (χ2v) is 8.17. The molecule has 7 nitrogen and oxygen atoms in total. The third-order valence-electron chi connectivity index (χ3n) is 4.83. The van der Waals surface area contributed by atoms with Crippen molar-refractivity contribution in [3.05, 3.63) is 94.0 Å². The number of hydrogen-bond acceptors (Lipinski definition) is 6. The van der Waals surface area contributed by atoms with Gasteiger partial charge >= 0.3 is 0 Å². The van der Waals surface area contributed by atoms with Crippen LogP contribution in [0.3, 0.4) is 0 Å². The summed E-state index contributed by atoms with van der Waals surface area (Å²) in [6.45, 7) is 6.49. The molecule has 0 atom stereocenters. The third kappa shape index (κ3) is 7.41. The number of nitrogens with zero attached hydrogens (tertiary/aromatic N) is 1. The number of rotatable bonds is 12. The summed E-state index contributed by atoms with van der Waals surface area (Å²) in [6, 6.07) is 15.4. The summed E-state index contributed by atoms with van der Waals surface area (Å²) in [4.78, 5) is 12.6. The Morgan fingerprint density at radius 3 is 2.47 bits per heavy atom. The topological polar surface area (TPSA) is 78.4 Å². The molecule has 3 aromatic rings. The van der Waals surface area contributed by atoms with Crippen molar-refractivity contribution < 1.29 is 23.7 Å². The van der Waals surface area contributed by atoms with Crippen LogP contribution in [0.1, 0.15) is 28.4 Å². The van der Waals surface area contributed by atoms with Gasteiger partial charge < -0.3 is 18.9 Å². The molecular formula is C27H26Cl2N2O5. The second kappa shape index (κ2) is 13.4. The van der Waals surface area contributed by atoms with E-state index in [1.165, 1.54) is 6.21 Å². The number of nitrogens with one attached hydrogen (secondary N) is 1. The van der Waals surface area contributed by atoms with Crippen LogP contribution in [0.25, 0.3) is 0 Å². The quantitative estimate of drug-likeness (QED) is 0.169. The van der Waals surface area contributed by atoms with Crippen molar-refractivity contribution in [2.24, 2.45) is 5.10 Å². The lowest BCUT2D eigenvalue weighted by atomic mass is 10.2. The Morgan fingerprint density at radius 1 is 0.972 bits per heavy atom. The molecular weight excluding hydrogens is 503 g/mol. The molecule has 0 fully saturated rings. The van der Waals surface area contributed by atoms with Crippen molar-refractivity contribution >= 4 is 35.3 Å². The van der Waals surface area contributed by atoms with Crippen LogP contribution in [0.2, 0.25) is 10.0 Å². The molecule has 0 aliphatic carbocycles. The molecule has 0 aliphatic heterocycles. The lowest BCUT2D eigenvalue weighted by Gasteiger charge is -2.12. The van der Waals surface area contributed by atoms with Crippen LogP contribution in [0, 0.1) is 0 Å².